The number of likely N-dealkylation sites (N-methyl/N-ethyl adjacent to an activating group) is 1. The molecular formula is C25H32N4O4S2. The standard InChI is InChI=1S/C25H32N4O4S2/c1-27(2)15-7-16-29(25-26-22-9-4-5-10-23(22)34-25)24(30)19-11-13-21(14-12-19)35(31,32)28(3)18-20-8-6-17-33-20/h4-5,9-14,20H,6-8,15-18H2,1-3H3. The summed E-state index contributed by atoms with van der Waals surface area (Å²) in [6.45, 7) is 2.35. The van der Waals surface area contributed by atoms with E-state index < -0.39 is 10.0 Å². The first-order valence-electron chi connectivity index (χ1n) is 11.8. The molecule has 35 heavy (non-hydrogen) atoms. The lowest BCUT2D eigenvalue weighted by Crippen LogP contribution is -2.34. The molecule has 1 aliphatic rings. The number of fused-ring (bicyclic) bond motifs is 1. The highest BCUT2D eigenvalue weighted by atomic mass is 32.2. The summed E-state index contributed by atoms with van der Waals surface area (Å²) in [5.41, 5.74) is 1.28. The molecule has 3 aromatic rings. The largest absolute Gasteiger partial charge is 0.377 e. The number of carbonyl (C=O) groups excluding carboxylic acids is 1. The lowest BCUT2D eigenvalue weighted by Gasteiger charge is -2.22. The first-order chi connectivity index (χ1) is 16.8. The normalized spacial score (nSPS) is 16.4. The predicted molar refractivity (Wildman–Crippen MR) is 140 cm³/mol. The van der Waals surface area contributed by atoms with Gasteiger partial charge in [-0.15, -0.1) is 0 Å². The number of ether oxygens (including phenoxy) is 1. The van der Waals surface area contributed by atoms with Crippen LogP contribution < -0.4 is 4.90 Å². The third-order valence-electron chi connectivity index (χ3n) is 6.04. The third kappa shape index (κ3) is 6.07. The molecule has 8 nitrogen and oxygen atoms in total. The van der Waals surface area contributed by atoms with E-state index in [4.69, 9.17) is 4.74 Å². The highest BCUT2D eigenvalue weighted by Crippen LogP contribution is 2.30. The van der Waals surface area contributed by atoms with Gasteiger partial charge >= 0.3 is 0 Å². The molecule has 1 unspecified atom stereocenters. The minimum atomic E-state index is -3.67. The molecule has 0 spiro atoms. The number of aromatic nitrogens is 1. The number of benzene rings is 2. The molecule has 4 rings (SSSR count). The summed E-state index contributed by atoms with van der Waals surface area (Å²) in [6, 6.07) is 14.0. The van der Waals surface area contributed by atoms with Crippen LogP contribution in [-0.4, -0.2) is 82.0 Å². The van der Waals surface area contributed by atoms with Gasteiger partial charge in [0.25, 0.3) is 5.91 Å². The molecule has 1 atom stereocenters. The number of para-hydroxylation sites is 1. The summed E-state index contributed by atoms with van der Waals surface area (Å²) in [7, 11) is 1.89. The van der Waals surface area contributed by atoms with E-state index in [2.05, 4.69) is 9.88 Å². The van der Waals surface area contributed by atoms with Crippen LogP contribution in [0.15, 0.2) is 53.4 Å². The van der Waals surface area contributed by atoms with E-state index in [1.54, 1.807) is 24.1 Å². The Morgan fingerprint density at radius 2 is 1.83 bits per heavy atom. The van der Waals surface area contributed by atoms with Crippen molar-refractivity contribution < 1.29 is 17.9 Å². The number of hydrogen-bond acceptors (Lipinski definition) is 7. The second-order valence-corrected chi connectivity index (χ2v) is 12.1. The van der Waals surface area contributed by atoms with E-state index >= 15 is 0 Å². The van der Waals surface area contributed by atoms with Crippen molar-refractivity contribution in [3.05, 3.63) is 54.1 Å². The Morgan fingerprint density at radius 3 is 2.49 bits per heavy atom. The molecule has 1 aliphatic heterocycles. The average molecular weight is 517 g/mol. The Balaban J connectivity index is 1.54. The van der Waals surface area contributed by atoms with Gasteiger partial charge in [-0.05, 0) is 76.3 Å². The summed E-state index contributed by atoms with van der Waals surface area (Å²) < 4.78 is 34.0. The Labute approximate surface area is 211 Å². The molecule has 0 saturated carbocycles. The monoisotopic (exact) mass is 516 g/mol. The minimum absolute atomic E-state index is 0.0693. The number of amides is 1. The van der Waals surface area contributed by atoms with Crippen molar-refractivity contribution in [3.8, 4) is 0 Å². The van der Waals surface area contributed by atoms with Gasteiger partial charge in [0.05, 0.1) is 21.2 Å². The van der Waals surface area contributed by atoms with E-state index in [1.807, 2.05) is 38.4 Å². The van der Waals surface area contributed by atoms with Crippen molar-refractivity contribution in [2.45, 2.75) is 30.3 Å². The smallest absolute Gasteiger partial charge is 0.260 e. The van der Waals surface area contributed by atoms with E-state index in [0.29, 0.717) is 30.4 Å². The van der Waals surface area contributed by atoms with Crippen LogP contribution in [0.25, 0.3) is 10.2 Å². The van der Waals surface area contributed by atoms with E-state index in [1.165, 1.54) is 27.8 Å². The fraction of sp³-hybridized carbons (Fsp3) is 0.440. The zero-order valence-electron chi connectivity index (χ0n) is 20.4. The summed E-state index contributed by atoms with van der Waals surface area (Å²) in [6.07, 6.45) is 2.53. The number of rotatable bonds is 10. The van der Waals surface area contributed by atoms with Gasteiger partial charge in [-0.1, -0.05) is 23.5 Å². The molecule has 2 heterocycles. The molecule has 1 aromatic heterocycles. The molecule has 188 valence electrons. The molecule has 1 saturated heterocycles. The summed E-state index contributed by atoms with van der Waals surface area (Å²) in [5, 5.41) is 0.642. The molecule has 2 aromatic carbocycles. The minimum Gasteiger partial charge on any atom is -0.377 e. The van der Waals surface area contributed by atoms with Crippen molar-refractivity contribution in [2.24, 2.45) is 0 Å². The van der Waals surface area contributed by atoms with Gasteiger partial charge in [-0.2, -0.15) is 4.31 Å². The van der Waals surface area contributed by atoms with Crippen molar-refractivity contribution in [1.82, 2.24) is 14.2 Å². The third-order valence-corrected chi connectivity index (χ3v) is 8.94. The average Bonchev–Trinajstić information content (AvgIpc) is 3.51. The summed E-state index contributed by atoms with van der Waals surface area (Å²) >= 11 is 1.48. The molecule has 0 bridgehead atoms. The first-order valence-corrected chi connectivity index (χ1v) is 14.0. The lowest BCUT2D eigenvalue weighted by atomic mass is 10.2. The number of thiazole rings is 1. The van der Waals surface area contributed by atoms with Gasteiger partial charge < -0.3 is 9.64 Å². The van der Waals surface area contributed by atoms with Crippen LogP contribution >= 0.6 is 11.3 Å². The van der Waals surface area contributed by atoms with Gasteiger partial charge in [-0.3, -0.25) is 9.69 Å². The van der Waals surface area contributed by atoms with Gasteiger partial charge in [0.15, 0.2) is 5.13 Å². The quantitative estimate of drug-likeness (QED) is 0.409. The Hall–Kier alpha value is -2.37. The highest BCUT2D eigenvalue weighted by Gasteiger charge is 2.27. The first kappa shape index (κ1) is 25.7. The van der Waals surface area contributed by atoms with E-state index in [-0.39, 0.29) is 16.9 Å². The van der Waals surface area contributed by atoms with Crippen molar-refractivity contribution in [1.29, 1.82) is 0 Å². The Bertz CT molecular complexity index is 1220. The fourth-order valence-electron chi connectivity index (χ4n) is 4.08. The molecule has 10 heteroatoms. The summed E-state index contributed by atoms with van der Waals surface area (Å²) in [4.78, 5) is 22.1. The van der Waals surface area contributed by atoms with E-state index in [0.717, 1.165) is 36.0 Å². The zero-order valence-corrected chi connectivity index (χ0v) is 22.0. The van der Waals surface area contributed by atoms with Crippen molar-refractivity contribution in [2.75, 3.05) is 52.3 Å². The van der Waals surface area contributed by atoms with Gasteiger partial charge in [0.2, 0.25) is 10.0 Å². The number of sulfonamides is 1. The SMILES string of the molecule is CN(C)CCCN(C(=O)c1ccc(S(=O)(=O)N(C)CC2CCCO2)cc1)c1nc2ccccc2s1. The predicted octanol–water partition coefficient (Wildman–Crippen LogP) is 3.69. The zero-order chi connectivity index (χ0) is 25.0. The van der Waals surface area contributed by atoms with Gasteiger partial charge in [0.1, 0.15) is 0 Å². The maximum Gasteiger partial charge on any atom is 0.260 e. The number of carbonyl (C=O) groups is 1. The molecule has 0 radical (unpaired) electrons. The Morgan fingerprint density at radius 1 is 1.09 bits per heavy atom. The van der Waals surface area contributed by atoms with Crippen LogP contribution in [0.2, 0.25) is 0 Å². The lowest BCUT2D eigenvalue weighted by molar-refractivity contribution is 0.0978. The second kappa shape index (κ2) is 11.1. The summed E-state index contributed by atoms with van der Waals surface area (Å²) in [5.74, 6) is -0.195. The molecule has 0 aliphatic carbocycles. The van der Waals surface area contributed by atoms with Crippen LogP contribution in [0.1, 0.15) is 29.6 Å². The van der Waals surface area contributed by atoms with Gasteiger partial charge in [-0.25, -0.2) is 13.4 Å². The van der Waals surface area contributed by atoms with Crippen LogP contribution in [0.3, 0.4) is 0 Å². The topological polar surface area (TPSA) is 83.1 Å². The fourth-order valence-corrected chi connectivity index (χ4v) is 6.28. The highest BCUT2D eigenvalue weighted by molar-refractivity contribution is 7.89. The van der Waals surface area contributed by atoms with Crippen molar-refractivity contribution >= 4 is 42.6 Å². The molecule has 1 fully saturated rings. The maximum absolute atomic E-state index is 13.5. The molecule has 0 N–H and O–H groups in total. The Kier molecular flexibility index (Phi) is 8.18. The van der Waals surface area contributed by atoms with Crippen molar-refractivity contribution in [3.63, 3.8) is 0 Å². The second-order valence-electron chi connectivity index (χ2n) is 9.02. The number of anilines is 1. The number of nitrogens with zero attached hydrogens (tertiary/aromatic N) is 4. The van der Waals surface area contributed by atoms with E-state index in [9.17, 15) is 13.2 Å². The molecular weight excluding hydrogens is 484 g/mol. The maximum atomic E-state index is 13.5. The van der Waals surface area contributed by atoms with Crippen LogP contribution in [-0.2, 0) is 14.8 Å². The van der Waals surface area contributed by atoms with Crippen LogP contribution in [0.5, 0.6) is 0 Å². The van der Waals surface area contributed by atoms with Crippen LogP contribution in [0, 0.1) is 0 Å². The number of hydrogen-bond donors (Lipinski definition) is 0. The van der Waals surface area contributed by atoms with Crippen LogP contribution in [0.4, 0.5) is 5.13 Å². The van der Waals surface area contributed by atoms with Gasteiger partial charge in [0, 0.05) is 32.3 Å². The molecule has 1 amide bonds.